The largest absolute Gasteiger partial charge is 0.340 e. The van der Waals surface area contributed by atoms with Crippen LogP contribution in [0.3, 0.4) is 0 Å². The van der Waals surface area contributed by atoms with Gasteiger partial charge in [0.05, 0.1) is 0 Å². The number of amides is 3. The highest BCUT2D eigenvalue weighted by molar-refractivity contribution is 9.10. The highest BCUT2D eigenvalue weighted by Crippen LogP contribution is 2.23. The van der Waals surface area contributed by atoms with Crippen LogP contribution in [0.4, 0.5) is 4.79 Å². The first-order valence-corrected chi connectivity index (χ1v) is 7.57. The second kappa shape index (κ2) is 5.27. The number of halogens is 1. The van der Waals surface area contributed by atoms with Crippen molar-refractivity contribution in [2.45, 2.75) is 18.8 Å². The van der Waals surface area contributed by atoms with Crippen molar-refractivity contribution < 1.29 is 9.59 Å². The van der Waals surface area contributed by atoms with E-state index in [-0.39, 0.29) is 5.91 Å². The molecule has 0 aromatic heterocycles. The first kappa shape index (κ1) is 14.3. The Morgan fingerprint density at radius 2 is 2.14 bits per heavy atom. The second-order valence-electron chi connectivity index (χ2n) is 5.00. The number of likely N-dealkylation sites (N-methyl/N-ethyl adjacent to an activating group) is 1. The number of nitrogens with zero attached hydrogens (tertiary/aromatic N) is 2. The van der Waals surface area contributed by atoms with Crippen LogP contribution < -0.4 is 10.6 Å². The summed E-state index contributed by atoms with van der Waals surface area (Å²) in [6, 6.07) is 6.88. The first-order valence-electron chi connectivity index (χ1n) is 6.36. The average molecular weight is 369 g/mol. The van der Waals surface area contributed by atoms with Gasteiger partial charge in [0.1, 0.15) is 12.2 Å². The molecule has 2 N–H and O–H groups in total. The van der Waals surface area contributed by atoms with E-state index in [1.54, 1.807) is 11.9 Å². The monoisotopic (exact) mass is 368 g/mol. The number of carbonyl (C=O) groups is 2. The van der Waals surface area contributed by atoms with Crippen LogP contribution in [0.2, 0.25) is 0 Å². The molecule has 0 aliphatic carbocycles. The Hall–Kier alpha value is -1.67. The molecular weight excluding hydrogens is 356 g/mol. The average Bonchev–Trinajstić information content (AvgIpc) is 2.74. The van der Waals surface area contributed by atoms with Crippen molar-refractivity contribution in [3.63, 3.8) is 0 Å². The second-order valence-corrected chi connectivity index (χ2v) is 6.30. The van der Waals surface area contributed by atoms with E-state index in [1.165, 1.54) is 4.90 Å². The minimum absolute atomic E-state index is 0.328. The van der Waals surface area contributed by atoms with Crippen molar-refractivity contribution in [3.8, 4) is 0 Å². The number of thiocarbonyl (C=S) groups is 1. The number of rotatable bonds is 2. The summed E-state index contributed by atoms with van der Waals surface area (Å²) in [6.45, 7) is 0.502. The lowest BCUT2D eigenvalue weighted by atomic mass is 10.1. The molecule has 2 atom stereocenters. The molecule has 110 valence electrons. The van der Waals surface area contributed by atoms with Gasteiger partial charge in [0.25, 0.3) is 5.91 Å². The SMILES string of the molecule is CN1C(=O)NC(=O)C2C1NC(=S)N2Cc1cccc(Br)c1. The molecule has 8 heteroatoms. The molecule has 1 aromatic rings. The van der Waals surface area contributed by atoms with Crippen molar-refractivity contribution in [2.24, 2.45) is 0 Å². The van der Waals surface area contributed by atoms with Gasteiger partial charge in [-0.2, -0.15) is 0 Å². The third kappa shape index (κ3) is 2.49. The fraction of sp³-hybridized carbons (Fsp3) is 0.308. The third-order valence-corrected chi connectivity index (χ3v) is 4.49. The van der Waals surface area contributed by atoms with E-state index in [1.807, 2.05) is 24.3 Å². The molecule has 0 radical (unpaired) electrons. The van der Waals surface area contributed by atoms with Crippen LogP contribution in [0, 0.1) is 0 Å². The molecule has 2 saturated heterocycles. The Kier molecular flexibility index (Phi) is 3.58. The van der Waals surface area contributed by atoms with E-state index >= 15 is 0 Å². The zero-order valence-corrected chi connectivity index (χ0v) is 13.6. The van der Waals surface area contributed by atoms with Gasteiger partial charge in [0.15, 0.2) is 5.11 Å². The molecule has 6 nitrogen and oxygen atoms in total. The number of fused-ring (bicyclic) bond motifs is 1. The number of urea groups is 1. The van der Waals surface area contributed by atoms with Crippen molar-refractivity contribution in [1.82, 2.24) is 20.4 Å². The Labute approximate surface area is 135 Å². The Balaban J connectivity index is 1.87. The fourth-order valence-corrected chi connectivity index (χ4v) is 3.32. The van der Waals surface area contributed by atoms with Gasteiger partial charge in [-0.25, -0.2) is 4.79 Å². The van der Waals surface area contributed by atoms with Gasteiger partial charge < -0.3 is 15.1 Å². The minimum atomic E-state index is -0.515. The molecule has 2 aliphatic rings. The van der Waals surface area contributed by atoms with Crippen molar-refractivity contribution in [1.29, 1.82) is 0 Å². The highest BCUT2D eigenvalue weighted by atomic mass is 79.9. The van der Waals surface area contributed by atoms with Gasteiger partial charge in [0, 0.05) is 18.1 Å². The first-order chi connectivity index (χ1) is 9.97. The van der Waals surface area contributed by atoms with Gasteiger partial charge in [-0.1, -0.05) is 28.1 Å². The summed E-state index contributed by atoms with van der Waals surface area (Å²) in [5.74, 6) is -0.328. The van der Waals surface area contributed by atoms with Crippen LogP contribution in [0.5, 0.6) is 0 Å². The van der Waals surface area contributed by atoms with Crippen molar-refractivity contribution in [3.05, 3.63) is 34.3 Å². The lowest BCUT2D eigenvalue weighted by Gasteiger charge is -2.35. The zero-order valence-electron chi connectivity index (χ0n) is 11.2. The Morgan fingerprint density at radius 1 is 1.38 bits per heavy atom. The Morgan fingerprint density at radius 3 is 2.86 bits per heavy atom. The van der Waals surface area contributed by atoms with Crippen molar-refractivity contribution in [2.75, 3.05) is 7.05 Å². The molecule has 3 rings (SSSR count). The zero-order chi connectivity index (χ0) is 15.1. The minimum Gasteiger partial charge on any atom is -0.340 e. The molecule has 2 aliphatic heterocycles. The van der Waals surface area contributed by atoms with E-state index in [4.69, 9.17) is 12.2 Å². The Bertz CT molecular complexity index is 638. The third-order valence-electron chi connectivity index (χ3n) is 3.65. The molecule has 2 fully saturated rings. The van der Waals surface area contributed by atoms with Gasteiger partial charge >= 0.3 is 6.03 Å². The molecule has 0 bridgehead atoms. The number of benzene rings is 1. The highest BCUT2D eigenvalue weighted by Gasteiger charge is 2.49. The molecule has 3 amide bonds. The summed E-state index contributed by atoms with van der Waals surface area (Å²) >= 11 is 8.74. The van der Waals surface area contributed by atoms with Gasteiger partial charge in [0.2, 0.25) is 0 Å². The standard InChI is InChI=1S/C13H13BrN4O2S/c1-17-10-9(11(19)16-12(17)20)18(13(21)15-10)6-7-3-2-4-8(14)5-7/h2-5,9-10H,6H2,1H3,(H,15,21)(H,16,19,20). The number of hydrogen-bond donors (Lipinski definition) is 2. The van der Waals surface area contributed by atoms with Crippen LogP contribution in [-0.4, -0.2) is 46.1 Å². The van der Waals surface area contributed by atoms with E-state index in [0.717, 1.165) is 10.0 Å². The van der Waals surface area contributed by atoms with Crippen LogP contribution in [0.25, 0.3) is 0 Å². The smallest absolute Gasteiger partial charge is 0.325 e. The lowest BCUT2D eigenvalue weighted by Crippen LogP contribution is -2.64. The quantitative estimate of drug-likeness (QED) is 0.763. The van der Waals surface area contributed by atoms with E-state index in [2.05, 4.69) is 26.6 Å². The number of nitrogens with one attached hydrogen (secondary N) is 2. The van der Waals surface area contributed by atoms with Crippen molar-refractivity contribution >= 4 is 45.2 Å². The number of carbonyl (C=O) groups excluding carboxylic acids is 2. The summed E-state index contributed by atoms with van der Waals surface area (Å²) in [5, 5.41) is 5.86. The molecule has 21 heavy (non-hydrogen) atoms. The lowest BCUT2D eigenvalue weighted by molar-refractivity contribution is -0.127. The van der Waals surface area contributed by atoms with Crippen LogP contribution >= 0.6 is 28.1 Å². The normalized spacial score (nSPS) is 24.8. The van der Waals surface area contributed by atoms with Gasteiger partial charge in [-0.05, 0) is 29.9 Å². The maximum Gasteiger partial charge on any atom is 0.325 e. The van der Waals surface area contributed by atoms with Crippen LogP contribution in [-0.2, 0) is 11.3 Å². The van der Waals surface area contributed by atoms with Crippen LogP contribution in [0.1, 0.15) is 5.56 Å². The number of hydrogen-bond acceptors (Lipinski definition) is 3. The summed E-state index contributed by atoms with van der Waals surface area (Å²) < 4.78 is 0.968. The van der Waals surface area contributed by atoms with Gasteiger partial charge in [-0.15, -0.1) is 0 Å². The predicted molar refractivity (Wildman–Crippen MR) is 84.3 cm³/mol. The van der Waals surface area contributed by atoms with E-state index in [0.29, 0.717) is 11.7 Å². The maximum absolute atomic E-state index is 12.1. The van der Waals surface area contributed by atoms with Gasteiger partial charge in [-0.3, -0.25) is 10.1 Å². The number of imide groups is 1. The maximum atomic E-state index is 12.1. The molecule has 0 saturated carbocycles. The molecule has 2 unspecified atom stereocenters. The van der Waals surface area contributed by atoms with E-state index in [9.17, 15) is 9.59 Å². The summed E-state index contributed by atoms with van der Waals surface area (Å²) in [5.41, 5.74) is 1.03. The fourth-order valence-electron chi connectivity index (χ4n) is 2.57. The summed E-state index contributed by atoms with van der Waals surface area (Å²) in [4.78, 5) is 27.0. The van der Waals surface area contributed by atoms with Crippen LogP contribution in [0.15, 0.2) is 28.7 Å². The van der Waals surface area contributed by atoms with E-state index < -0.39 is 18.2 Å². The molecule has 2 heterocycles. The summed E-state index contributed by atoms with van der Waals surface area (Å²) in [6.07, 6.45) is -0.425. The molecule has 1 aromatic carbocycles. The molecule has 0 spiro atoms. The molecular formula is C13H13BrN4O2S. The predicted octanol–water partition coefficient (Wildman–Crippen LogP) is 1.02. The topological polar surface area (TPSA) is 64.7 Å². The summed E-state index contributed by atoms with van der Waals surface area (Å²) in [7, 11) is 1.64.